The van der Waals surface area contributed by atoms with E-state index in [1.54, 1.807) is 5.38 Å². The number of nitrogens with zero attached hydrogens (tertiary/aromatic N) is 2. The summed E-state index contributed by atoms with van der Waals surface area (Å²) in [4.78, 5) is 4.46. The van der Waals surface area contributed by atoms with Gasteiger partial charge in [0.05, 0.1) is 26.0 Å². The molecule has 0 saturated heterocycles. The molecule has 0 saturated carbocycles. The zero-order chi connectivity index (χ0) is 22.3. The molecule has 0 unspecified atom stereocenters. The zero-order valence-corrected chi connectivity index (χ0v) is 17.2. The molecule has 31 heavy (non-hydrogen) atoms. The van der Waals surface area contributed by atoms with Crippen molar-refractivity contribution in [2.45, 2.75) is 6.36 Å². The molecule has 0 atom stereocenters. The quantitative estimate of drug-likeness (QED) is 0.303. The van der Waals surface area contributed by atoms with Crippen LogP contribution < -0.4 is 4.74 Å². The van der Waals surface area contributed by atoms with Gasteiger partial charge in [0.25, 0.3) is 0 Å². The standard InChI is InChI=1S/C19H8Cl2F5N3OS/c20-11-2-1-3-12(22)14(11)18-27-17(28-29-18)10-7-31-16(15(10)21)9-5-4-8(6-13(9)23)30-19(24,25)26/h1-7H,(H,27,28,29). The number of nitrogens with one attached hydrogen (secondary N) is 1. The smallest absolute Gasteiger partial charge is 0.406 e. The Bertz CT molecular complexity index is 1250. The predicted octanol–water partition coefficient (Wildman–Crippen LogP) is 7.35. The number of hydrogen-bond donors (Lipinski definition) is 1. The number of alkyl halides is 3. The molecule has 0 aliphatic carbocycles. The van der Waals surface area contributed by atoms with Crippen LogP contribution in [0, 0.1) is 11.6 Å². The molecule has 2 aromatic carbocycles. The van der Waals surface area contributed by atoms with Gasteiger partial charge >= 0.3 is 6.36 Å². The van der Waals surface area contributed by atoms with Crippen molar-refractivity contribution < 1.29 is 26.7 Å². The lowest BCUT2D eigenvalue weighted by Gasteiger charge is -2.10. The first-order valence-corrected chi connectivity index (χ1v) is 9.97. The largest absolute Gasteiger partial charge is 0.573 e. The van der Waals surface area contributed by atoms with E-state index in [1.807, 2.05) is 0 Å². The SMILES string of the molecule is Fc1cc(OC(F)(F)F)ccc1-c1scc(-c2n[nH]c(-c3c(F)cccc3Cl)n2)c1Cl. The average Bonchev–Trinajstić information content (AvgIpc) is 3.27. The van der Waals surface area contributed by atoms with Crippen molar-refractivity contribution in [3.8, 4) is 39.0 Å². The highest BCUT2D eigenvalue weighted by Crippen LogP contribution is 2.43. The summed E-state index contributed by atoms with van der Waals surface area (Å²) in [5.41, 5.74) is 0.330. The van der Waals surface area contributed by atoms with Crippen molar-refractivity contribution in [1.82, 2.24) is 15.2 Å². The Labute approximate surface area is 185 Å². The van der Waals surface area contributed by atoms with Crippen LogP contribution in [0.25, 0.3) is 33.2 Å². The van der Waals surface area contributed by atoms with Crippen LogP contribution in [0.5, 0.6) is 5.75 Å². The van der Waals surface area contributed by atoms with E-state index in [0.29, 0.717) is 11.6 Å². The van der Waals surface area contributed by atoms with Gasteiger partial charge in [-0.05, 0) is 24.3 Å². The van der Waals surface area contributed by atoms with Gasteiger partial charge in [-0.25, -0.2) is 13.8 Å². The Morgan fingerprint density at radius 1 is 1.00 bits per heavy atom. The highest BCUT2D eigenvalue weighted by molar-refractivity contribution is 7.14. The van der Waals surface area contributed by atoms with Crippen LogP contribution in [-0.4, -0.2) is 21.5 Å². The Kier molecular flexibility index (Phi) is 5.63. The van der Waals surface area contributed by atoms with E-state index in [-0.39, 0.29) is 37.7 Å². The molecule has 0 fully saturated rings. The van der Waals surface area contributed by atoms with Gasteiger partial charge in [0.1, 0.15) is 17.4 Å². The minimum absolute atomic E-state index is 0.0244. The molecule has 0 spiro atoms. The van der Waals surface area contributed by atoms with Crippen LogP contribution in [0.4, 0.5) is 22.0 Å². The Balaban J connectivity index is 1.68. The van der Waals surface area contributed by atoms with Crippen LogP contribution in [0.3, 0.4) is 0 Å². The third-order valence-electron chi connectivity index (χ3n) is 4.08. The lowest BCUT2D eigenvalue weighted by atomic mass is 10.1. The van der Waals surface area contributed by atoms with Gasteiger partial charge in [0.15, 0.2) is 11.6 Å². The summed E-state index contributed by atoms with van der Waals surface area (Å²) in [6, 6.07) is 6.87. The monoisotopic (exact) mass is 491 g/mol. The van der Waals surface area contributed by atoms with Gasteiger partial charge in [-0.3, -0.25) is 5.10 Å². The molecule has 0 aliphatic rings. The molecule has 4 aromatic rings. The molecular formula is C19H8Cl2F5N3OS. The average molecular weight is 492 g/mol. The Hall–Kier alpha value is -2.69. The Morgan fingerprint density at radius 2 is 1.77 bits per heavy atom. The molecule has 4 rings (SSSR count). The third kappa shape index (κ3) is 4.36. The molecule has 0 radical (unpaired) electrons. The van der Waals surface area contributed by atoms with Gasteiger partial charge in [-0.15, -0.1) is 24.5 Å². The number of aromatic nitrogens is 3. The molecule has 160 valence electrons. The second-order valence-corrected chi connectivity index (χ2v) is 7.75. The van der Waals surface area contributed by atoms with E-state index in [1.165, 1.54) is 18.2 Å². The van der Waals surface area contributed by atoms with Crippen molar-refractivity contribution in [3.63, 3.8) is 0 Å². The fraction of sp³-hybridized carbons (Fsp3) is 0.0526. The predicted molar refractivity (Wildman–Crippen MR) is 107 cm³/mol. The van der Waals surface area contributed by atoms with Gasteiger partial charge < -0.3 is 4.74 Å². The van der Waals surface area contributed by atoms with Crippen LogP contribution in [0.2, 0.25) is 10.0 Å². The van der Waals surface area contributed by atoms with E-state index in [9.17, 15) is 22.0 Å². The fourth-order valence-electron chi connectivity index (χ4n) is 2.77. The van der Waals surface area contributed by atoms with E-state index in [0.717, 1.165) is 23.5 Å². The molecule has 2 heterocycles. The number of hydrogen-bond acceptors (Lipinski definition) is 4. The first-order valence-electron chi connectivity index (χ1n) is 8.34. The van der Waals surface area contributed by atoms with Crippen molar-refractivity contribution in [2.24, 2.45) is 0 Å². The normalized spacial score (nSPS) is 11.7. The topological polar surface area (TPSA) is 50.8 Å². The summed E-state index contributed by atoms with van der Waals surface area (Å²) >= 11 is 13.4. The summed E-state index contributed by atoms with van der Waals surface area (Å²) in [5.74, 6) is -2.07. The molecular weight excluding hydrogens is 484 g/mol. The number of thiophene rings is 1. The molecule has 0 amide bonds. The minimum atomic E-state index is -4.94. The maximum atomic E-state index is 14.4. The molecule has 12 heteroatoms. The van der Waals surface area contributed by atoms with E-state index in [4.69, 9.17) is 23.2 Å². The second kappa shape index (κ2) is 8.10. The molecule has 0 bridgehead atoms. The molecule has 0 aliphatic heterocycles. The number of benzene rings is 2. The third-order valence-corrected chi connectivity index (χ3v) is 5.91. The molecule has 4 nitrogen and oxygen atoms in total. The van der Waals surface area contributed by atoms with Crippen LogP contribution in [0.1, 0.15) is 0 Å². The van der Waals surface area contributed by atoms with Crippen LogP contribution in [-0.2, 0) is 0 Å². The molecule has 2 aromatic heterocycles. The van der Waals surface area contributed by atoms with Crippen LogP contribution in [0.15, 0.2) is 41.8 Å². The maximum absolute atomic E-state index is 14.4. The van der Waals surface area contributed by atoms with Gasteiger partial charge in [-0.2, -0.15) is 5.10 Å². The zero-order valence-electron chi connectivity index (χ0n) is 14.9. The Morgan fingerprint density at radius 3 is 2.45 bits per heavy atom. The van der Waals surface area contributed by atoms with Crippen molar-refractivity contribution >= 4 is 34.5 Å². The first kappa shape index (κ1) is 21.5. The highest BCUT2D eigenvalue weighted by Gasteiger charge is 2.31. The van der Waals surface area contributed by atoms with Gasteiger partial charge in [0.2, 0.25) is 0 Å². The van der Waals surface area contributed by atoms with Crippen molar-refractivity contribution in [2.75, 3.05) is 0 Å². The molecule has 1 N–H and O–H groups in total. The van der Waals surface area contributed by atoms with E-state index < -0.39 is 23.7 Å². The number of aromatic amines is 1. The summed E-state index contributed by atoms with van der Waals surface area (Å²) in [6.07, 6.45) is -4.94. The summed E-state index contributed by atoms with van der Waals surface area (Å²) in [7, 11) is 0. The lowest BCUT2D eigenvalue weighted by Crippen LogP contribution is -2.17. The van der Waals surface area contributed by atoms with Gasteiger partial charge in [-0.1, -0.05) is 29.3 Å². The first-order chi connectivity index (χ1) is 14.6. The minimum Gasteiger partial charge on any atom is -0.406 e. The number of ether oxygens (including phenoxy) is 1. The van der Waals surface area contributed by atoms with E-state index >= 15 is 0 Å². The lowest BCUT2D eigenvalue weighted by molar-refractivity contribution is -0.274. The summed E-state index contributed by atoms with van der Waals surface area (Å²) < 4.78 is 69.2. The summed E-state index contributed by atoms with van der Waals surface area (Å²) in [6.45, 7) is 0. The number of H-pyrrole nitrogens is 1. The number of rotatable bonds is 4. The van der Waals surface area contributed by atoms with Crippen molar-refractivity contribution in [1.29, 1.82) is 0 Å². The van der Waals surface area contributed by atoms with Gasteiger partial charge in [0, 0.05) is 17.0 Å². The van der Waals surface area contributed by atoms with E-state index in [2.05, 4.69) is 19.9 Å². The van der Waals surface area contributed by atoms with Crippen LogP contribution >= 0.6 is 34.5 Å². The fourth-order valence-corrected chi connectivity index (χ4v) is 4.43. The number of halogens is 7. The van der Waals surface area contributed by atoms with Crippen molar-refractivity contribution in [3.05, 3.63) is 63.5 Å². The summed E-state index contributed by atoms with van der Waals surface area (Å²) in [5, 5.41) is 8.35. The second-order valence-electron chi connectivity index (χ2n) is 6.09. The maximum Gasteiger partial charge on any atom is 0.573 e. The highest BCUT2D eigenvalue weighted by atomic mass is 35.5.